The summed E-state index contributed by atoms with van der Waals surface area (Å²) in [4.78, 5) is 66.6. The fourth-order valence-corrected chi connectivity index (χ4v) is 3.86. The molecule has 4 amide bonds. The van der Waals surface area contributed by atoms with Crippen molar-refractivity contribution >= 4 is 29.4 Å². The molecule has 1 aromatic carbocycles. The van der Waals surface area contributed by atoms with Crippen molar-refractivity contribution in [3.63, 3.8) is 0 Å². The van der Waals surface area contributed by atoms with Crippen molar-refractivity contribution in [2.24, 2.45) is 0 Å². The summed E-state index contributed by atoms with van der Waals surface area (Å²) in [5.41, 5.74) is 1.45. The summed E-state index contributed by atoms with van der Waals surface area (Å²) in [7, 11) is 0. The molecule has 164 valence electrons. The Balaban J connectivity index is 1.45. The smallest absolute Gasteiger partial charge is 0.262 e. The maximum Gasteiger partial charge on any atom is 0.262 e. The lowest BCUT2D eigenvalue weighted by atomic mass is 10.0. The third-order valence-corrected chi connectivity index (χ3v) is 5.48. The number of amides is 4. The molecule has 32 heavy (non-hydrogen) atoms. The zero-order valence-electron chi connectivity index (χ0n) is 17.4. The highest BCUT2D eigenvalue weighted by atomic mass is 16.5. The standard InChI is InChI=1S/C23H21N3O6/c1-2-32-14-5-7-17(24-12-14)19(27)9-4-13-3-6-15-16(11-13)23(31)26(22(15)30)18-8-10-20(28)25-21(18)29/h3,5-7,11-12,18H,2,4,8-10H2,1H3,(H,25,28,29). The number of ketones is 1. The van der Waals surface area contributed by atoms with Gasteiger partial charge in [-0.25, -0.2) is 4.98 Å². The number of rotatable bonds is 7. The Morgan fingerprint density at radius 1 is 1.12 bits per heavy atom. The molecule has 2 aliphatic rings. The molecule has 2 aromatic rings. The summed E-state index contributed by atoms with van der Waals surface area (Å²) in [6.45, 7) is 2.37. The first-order chi connectivity index (χ1) is 15.4. The lowest BCUT2D eigenvalue weighted by molar-refractivity contribution is -0.136. The Morgan fingerprint density at radius 3 is 2.59 bits per heavy atom. The molecule has 4 rings (SSSR count). The average Bonchev–Trinajstić information content (AvgIpc) is 3.03. The van der Waals surface area contributed by atoms with Crippen molar-refractivity contribution in [3.8, 4) is 5.75 Å². The van der Waals surface area contributed by atoms with E-state index in [0.717, 1.165) is 4.90 Å². The number of hydrogen-bond donors (Lipinski definition) is 1. The van der Waals surface area contributed by atoms with E-state index in [4.69, 9.17) is 4.74 Å². The molecule has 0 radical (unpaired) electrons. The van der Waals surface area contributed by atoms with Crippen LogP contribution in [0.4, 0.5) is 0 Å². The van der Waals surface area contributed by atoms with Crippen molar-refractivity contribution in [1.82, 2.24) is 15.2 Å². The molecule has 1 fully saturated rings. The van der Waals surface area contributed by atoms with Gasteiger partial charge in [-0.3, -0.25) is 34.2 Å². The number of nitrogens with one attached hydrogen (secondary N) is 1. The molecule has 0 aliphatic carbocycles. The minimum atomic E-state index is -1.00. The van der Waals surface area contributed by atoms with Crippen molar-refractivity contribution in [1.29, 1.82) is 0 Å². The number of aromatic nitrogens is 1. The highest BCUT2D eigenvalue weighted by Crippen LogP contribution is 2.28. The van der Waals surface area contributed by atoms with Gasteiger partial charge in [-0.15, -0.1) is 0 Å². The van der Waals surface area contributed by atoms with Crippen LogP contribution >= 0.6 is 0 Å². The number of aryl methyl sites for hydroxylation is 1. The van der Waals surface area contributed by atoms with Gasteiger partial charge in [-0.1, -0.05) is 6.07 Å². The van der Waals surface area contributed by atoms with Crippen LogP contribution in [0.25, 0.3) is 0 Å². The number of piperidine rings is 1. The fourth-order valence-electron chi connectivity index (χ4n) is 3.86. The summed E-state index contributed by atoms with van der Waals surface area (Å²) in [6.07, 6.45) is 2.21. The largest absolute Gasteiger partial charge is 0.492 e. The molecule has 9 nitrogen and oxygen atoms in total. The highest BCUT2D eigenvalue weighted by molar-refractivity contribution is 6.23. The summed E-state index contributed by atoms with van der Waals surface area (Å²) >= 11 is 0. The maximum absolute atomic E-state index is 12.9. The van der Waals surface area contributed by atoms with Gasteiger partial charge in [0.05, 0.1) is 23.9 Å². The van der Waals surface area contributed by atoms with Crippen LogP contribution in [0.1, 0.15) is 63.0 Å². The first-order valence-electron chi connectivity index (χ1n) is 10.4. The molecule has 0 saturated carbocycles. The van der Waals surface area contributed by atoms with Crippen LogP contribution in [0.5, 0.6) is 5.75 Å². The Labute approximate surface area is 183 Å². The van der Waals surface area contributed by atoms with E-state index in [1.807, 2.05) is 6.92 Å². The van der Waals surface area contributed by atoms with E-state index in [0.29, 0.717) is 30.0 Å². The highest BCUT2D eigenvalue weighted by Gasteiger charge is 2.44. The predicted octanol–water partition coefficient (Wildman–Crippen LogP) is 1.70. The number of benzene rings is 1. The van der Waals surface area contributed by atoms with Crippen molar-refractivity contribution in [3.05, 3.63) is 58.9 Å². The van der Waals surface area contributed by atoms with E-state index in [9.17, 15) is 24.0 Å². The Morgan fingerprint density at radius 2 is 1.91 bits per heavy atom. The Bertz CT molecular complexity index is 1130. The van der Waals surface area contributed by atoms with Gasteiger partial charge in [0.25, 0.3) is 11.8 Å². The summed E-state index contributed by atoms with van der Waals surface area (Å²) in [5, 5.41) is 2.17. The summed E-state index contributed by atoms with van der Waals surface area (Å²) < 4.78 is 5.32. The van der Waals surface area contributed by atoms with Crippen LogP contribution in [-0.4, -0.2) is 51.9 Å². The number of hydrogen-bond acceptors (Lipinski definition) is 7. The van der Waals surface area contributed by atoms with Crippen LogP contribution in [-0.2, 0) is 16.0 Å². The number of ether oxygens (including phenoxy) is 1. The third-order valence-electron chi connectivity index (χ3n) is 5.48. The van der Waals surface area contributed by atoms with Crippen LogP contribution in [0.15, 0.2) is 36.5 Å². The number of carbonyl (C=O) groups excluding carboxylic acids is 5. The quantitative estimate of drug-likeness (QED) is 0.519. The number of fused-ring (bicyclic) bond motifs is 1. The number of pyridine rings is 1. The molecule has 2 aliphatic heterocycles. The minimum absolute atomic E-state index is 0.0662. The van der Waals surface area contributed by atoms with Crippen molar-refractivity contribution < 1.29 is 28.7 Å². The maximum atomic E-state index is 12.9. The van der Waals surface area contributed by atoms with Crippen LogP contribution < -0.4 is 10.1 Å². The average molecular weight is 435 g/mol. The molecular formula is C23H21N3O6. The monoisotopic (exact) mass is 435 g/mol. The van der Waals surface area contributed by atoms with E-state index in [1.165, 1.54) is 12.3 Å². The van der Waals surface area contributed by atoms with E-state index < -0.39 is 29.7 Å². The second kappa shape index (κ2) is 8.70. The molecule has 1 aromatic heterocycles. The third kappa shape index (κ3) is 4.01. The number of carbonyl (C=O) groups is 5. The van der Waals surface area contributed by atoms with Gasteiger partial charge in [0.2, 0.25) is 11.8 Å². The SMILES string of the molecule is CCOc1ccc(C(=O)CCc2ccc3c(c2)C(=O)N(C2CCC(=O)NC2=O)C3=O)nc1. The first-order valence-corrected chi connectivity index (χ1v) is 10.4. The number of nitrogens with zero attached hydrogens (tertiary/aromatic N) is 2. The van der Waals surface area contributed by atoms with Gasteiger partial charge >= 0.3 is 0 Å². The van der Waals surface area contributed by atoms with Gasteiger partial charge in [0.15, 0.2) is 5.78 Å². The van der Waals surface area contributed by atoms with Crippen molar-refractivity contribution in [2.45, 2.75) is 38.6 Å². The summed E-state index contributed by atoms with van der Waals surface area (Å²) in [6, 6.07) is 7.10. The normalized spacial score (nSPS) is 17.9. The second-order valence-corrected chi connectivity index (χ2v) is 7.56. The van der Waals surface area contributed by atoms with Crippen LogP contribution in [0.3, 0.4) is 0 Å². The van der Waals surface area contributed by atoms with E-state index in [-0.39, 0.29) is 36.2 Å². The summed E-state index contributed by atoms with van der Waals surface area (Å²) in [5.74, 6) is -1.75. The van der Waals surface area contributed by atoms with Gasteiger partial charge in [-0.05, 0) is 49.6 Å². The second-order valence-electron chi connectivity index (χ2n) is 7.56. The van der Waals surface area contributed by atoms with Crippen LogP contribution in [0.2, 0.25) is 0 Å². The Hall–Kier alpha value is -3.88. The topological polar surface area (TPSA) is 123 Å². The van der Waals surface area contributed by atoms with E-state index in [2.05, 4.69) is 10.3 Å². The van der Waals surface area contributed by atoms with Crippen molar-refractivity contribution in [2.75, 3.05) is 6.61 Å². The van der Waals surface area contributed by atoms with Gasteiger partial charge in [0.1, 0.15) is 17.5 Å². The zero-order valence-corrected chi connectivity index (χ0v) is 17.4. The molecule has 3 heterocycles. The molecule has 1 unspecified atom stereocenters. The van der Waals surface area contributed by atoms with Gasteiger partial charge in [0, 0.05) is 12.8 Å². The molecular weight excluding hydrogens is 414 g/mol. The molecule has 1 saturated heterocycles. The predicted molar refractivity (Wildman–Crippen MR) is 111 cm³/mol. The molecule has 0 bridgehead atoms. The number of Topliss-reactive ketones (excluding diaryl/α,β-unsaturated/α-hetero) is 1. The fraction of sp³-hybridized carbons (Fsp3) is 0.304. The first kappa shape index (κ1) is 21.4. The van der Waals surface area contributed by atoms with Gasteiger partial charge in [-0.2, -0.15) is 0 Å². The molecule has 1 atom stereocenters. The van der Waals surface area contributed by atoms with E-state index >= 15 is 0 Å². The molecule has 1 N–H and O–H groups in total. The molecule has 0 spiro atoms. The lowest BCUT2D eigenvalue weighted by Gasteiger charge is -2.27. The minimum Gasteiger partial charge on any atom is -0.492 e. The van der Waals surface area contributed by atoms with E-state index in [1.54, 1.807) is 24.3 Å². The number of imide groups is 2. The van der Waals surface area contributed by atoms with Gasteiger partial charge < -0.3 is 4.74 Å². The van der Waals surface area contributed by atoms with Crippen LogP contribution in [0, 0.1) is 0 Å². The Kier molecular flexibility index (Phi) is 5.81. The zero-order chi connectivity index (χ0) is 22.8. The molecule has 9 heteroatoms. The lowest BCUT2D eigenvalue weighted by Crippen LogP contribution is -2.54.